The SMILES string of the molecule is CSC1(CNC(=O)c2ccc(NN)c(C(F)(F)F)c2)CC1. The lowest BCUT2D eigenvalue weighted by Crippen LogP contribution is -2.32. The molecular formula is C13H16F3N3OS. The Bertz CT molecular complexity index is 544. The first-order valence-corrected chi connectivity index (χ1v) is 7.55. The van der Waals surface area contributed by atoms with Gasteiger partial charge in [-0.1, -0.05) is 0 Å². The van der Waals surface area contributed by atoms with Crippen molar-refractivity contribution in [3.05, 3.63) is 29.3 Å². The number of hydrazine groups is 1. The number of hydrogen-bond donors (Lipinski definition) is 3. The van der Waals surface area contributed by atoms with Crippen molar-refractivity contribution in [2.24, 2.45) is 5.84 Å². The van der Waals surface area contributed by atoms with E-state index in [4.69, 9.17) is 5.84 Å². The lowest BCUT2D eigenvalue weighted by Gasteiger charge is -2.15. The van der Waals surface area contributed by atoms with Gasteiger partial charge < -0.3 is 10.7 Å². The normalized spacial score (nSPS) is 16.4. The van der Waals surface area contributed by atoms with Gasteiger partial charge in [-0.2, -0.15) is 24.9 Å². The number of benzene rings is 1. The van der Waals surface area contributed by atoms with Crippen molar-refractivity contribution in [1.82, 2.24) is 5.32 Å². The van der Waals surface area contributed by atoms with Gasteiger partial charge in [0, 0.05) is 16.9 Å². The zero-order valence-electron chi connectivity index (χ0n) is 11.4. The van der Waals surface area contributed by atoms with Gasteiger partial charge in [-0.05, 0) is 37.3 Å². The number of alkyl halides is 3. The predicted molar refractivity (Wildman–Crippen MR) is 77.1 cm³/mol. The maximum absolute atomic E-state index is 12.9. The van der Waals surface area contributed by atoms with Crippen molar-refractivity contribution in [1.29, 1.82) is 0 Å². The molecule has 1 aliphatic carbocycles. The fourth-order valence-electron chi connectivity index (χ4n) is 1.98. The molecule has 0 spiro atoms. The van der Waals surface area contributed by atoms with E-state index in [2.05, 4.69) is 5.32 Å². The monoisotopic (exact) mass is 319 g/mol. The summed E-state index contributed by atoms with van der Waals surface area (Å²) in [5.74, 6) is 4.55. The molecule has 21 heavy (non-hydrogen) atoms. The van der Waals surface area contributed by atoms with Gasteiger partial charge in [-0.3, -0.25) is 10.6 Å². The highest BCUT2D eigenvalue weighted by Crippen LogP contribution is 2.46. The summed E-state index contributed by atoms with van der Waals surface area (Å²) in [7, 11) is 0. The number of thioether (sulfide) groups is 1. The van der Waals surface area contributed by atoms with Crippen molar-refractivity contribution < 1.29 is 18.0 Å². The molecule has 2 rings (SSSR count). The molecule has 4 nitrogen and oxygen atoms in total. The van der Waals surface area contributed by atoms with Gasteiger partial charge in [0.2, 0.25) is 0 Å². The number of amides is 1. The largest absolute Gasteiger partial charge is 0.418 e. The molecule has 0 bridgehead atoms. The van der Waals surface area contributed by atoms with Crippen LogP contribution < -0.4 is 16.6 Å². The Labute approximate surface area is 124 Å². The number of halogens is 3. The molecule has 0 heterocycles. The van der Waals surface area contributed by atoms with Crippen LogP contribution in [-0.2, 0) is 6.18 Å². The molecule has 0 aromatic heterocycles. The highest BCUT2D eigenvalue weighted by atomic mass is 32.2. The first-order chi connectivity index (χ1) is 9.81. The highest BCUT2D eigenvalue weighted by molar-refractivity contribution is 8.00. The van der Waals surface area contributed by atoms with Crippen LogP contribution in [0.2, 0.25) is 0 Å². The van der Waals surface area contributed by atoms with Crippen molar-refractivity contribution in [2.75, 3.05) is 18.2 Å². The second-order valence-corrected chi connectivity index (χ2v) is 6.25. The smallest absolute Gasteiger partial charge is 0.351 e. The van der Waals surface area contributed by atoms with E-state index >= 15 is 0 Å². The van der Waals surface area contributed by atoms with Crippen LogP contribution in [0.5, 0.6) is 0 Å². The summed E-state index contributed by atoms with van der Waals surface area (Å²) in [4.78, 5) is 12.0. The van der Waals surface area contributed by atoms with E-state index < -0.39 is 17.6 Å². The number of rotatable bonds is 5. The number of anilines is 1. The average Bonchev–Trinajstić information content (AvgIpc) is 3.24. The Hall–Kier alpha value is -1.41. The number of nitrogen functional groups attached to an aromatic ring is 1. The molecule has 1 aromatic carbocycles. The molecule has 1 aromatic rings. The molecule has 0 aliphatic heterocycles. The molecular weight excluding hydrogens is 303 g/mol. The highest BCUT2D eigenvalue weighted by Gasteiger charge is 2.42. The third kappa shape index (κ3) is 3.62. The maximum Gasteiger partial charge on any atom is 0.418 e. The number of nitrogens with one attached hydrogen (secondary N) is 2. The molecule has 0 atom stereocenters. The van der Waals surface area contributed by atoms with E-state index in [0.29, 0.717) is 6.54 Å². The van der Waals surface area contributed by atoms with Crippen molar-refractivity contribution in [3.63, 3.8) is 0 Å². The van der Waals surface area contributed by atoms with E-state index in [9.17, 15) is 18.0 Å². The molecule has 0 radical (unpaired) electrons. The number of carbonyl (C=O) groups excluding carboxylic acids is 1. The molecule has 1 aliphatic rings. The number of hydrogen-bond acceptors (Lipinski definition) is 4. The zero-order valence-corrected chi connectivity index (χ0v) is 12.2. The van der Waals surface area contributed by atoms with Gasteiger partial charge in [0.1, 0.15) is 0 Å². The second kappa shape index (κ2) is 5.76. The summed E-state index contributed by atoms with van der Waals surface area (Å²) in [5, 5.41) is 2.69. The third-order valence-electron chi connectivity index (χ3n) is 3.55. The average molecular weight is 319 g/mol. The summed E-state index contributed by atoms with van der Waals surface area (Å²) in [6.45, 7) is 0.464. The van der Waals surface area contributed by atoms with Crippen LogP contribution in [-0.4, -0.2) is 23.5 Å². The van der Waals surface area contributed by atoms with Crippen LogP contribution in [0.1, 0.15) is 28.8 Å². The van der Waals surface area contributed by atoms with Crippen molar-refractivity contribution >= 4 is 23.4 Å². The first-order valence-electron chi connectivity index (χ1n) is 6.32. The molecule has 1 amide bonds. The first kappa shape index (κ1) is 16.0. The Morgan fingerprint density at radius 3 is 2.57 bits per heavy atom. The maximum atomic E-state index is 12.9. The standard InChI is InChI=1S/C13H16F3N3OS/c1-21-12(4-5-12)7-18-11(20)8-2-3-10(19-17)9(6-8)13(14,15)16/h2-3,6,19H,4-5,7,17H2,1H3,(H,18,20). The topological polar surface area (TPSA) is 67.2 Å². The van der Waals surface area contributed by atoms with E-state index in [1.165, 1.54) is 6.07 Å². The summed E-state index contributed by atoms with van der Waals surface area (Å²) < 4.78 is 38.7. The summed E-state index contributed by atoms with van der Waals surface area (Å²) in [6, 6.07) is 3.28. The van der Waals surface area contributed by atoms with E-state index in [0.717, 1.165) is 25.0 Å². The molecule has 4 N–H and O–H groups in total. The molecule has 1 fully saturated rings. The lowest BCUT2D eigenvalue weighted by molar-refractivity contribution is -0.137. The van der Waals surface area contributed by atoms with Crippen LogP contribution in [0.25, 0.3) is 0 Å². The minimum Gasteiger partial charge on any atom is -0.351 e. The Morgan fingerprint density at radius 1 is 1.43 bits per heavy atom. The van der Waals surface area contributed by atoms with E-state index in [1.54, 1.807) is 11.8 Å². The molecule has 116 valence electrons. The molecule has 0 saturated heterocycles. The van der Waals surface area contributed by atoms with Gasteiger partial charge >= 0.3 is 6.18 Å². The zero-order chi connectivity index (χ0) is 15.7. The fourth-order valence-corrected chi connectivity index (χ4v) is 2.71. The van der Waals surface area contributed by atoms with E-state index in [-0.39, 0.29) is 16.0 Å². The second-order valence-electron chi connectivity index (χ2n) is 4.97. The minimum atomic E-state index is -4.57. The molecule has 1 saturated carbocycles. The number of nitrogens with two attached hydrogens (primary N) is 1. The van der Waals surface area contributed by atoms with Crippen molar-refractivity contribution in [2.45, 2.75) is 23.8 Å². The Balaban J connectivity index is 2.14. The van der Waals surface area contributed by atoms with Gasteiger partial charge in [0.25, 0.3) is 5.91 Å². The Kier molecular flexibility index (Phi) is 4.38. The summed E-state index contributed by atoms with van der Waals surface area (Å²) in [5.41, 5.74) is 0.742. The third-order valence-corrected chi connectivity index (χ3v) is 4.97. The van der Waals surface area contributed by atoms with Gasteiger partial charge in [0.05, 0.1) is 11.3 Å². The summed E-state index contributed by atoms with van der Waals surface area (Å²) in [6.07, 6.45) is -0.589. The molecule has 8 heteroatoms. The van der Waals surface area contributed by atoms with Crippen LogP contribution in [0.3, 0.4) is 0 Å². The Morgan fingerprint density at radius 2 is 2.10 bits per heavy atom. The molecule has 0 unspecified atom stereocenters. The summed E-state index contributed by atoms with van der Waals surface area (Å²) >= 11 is 1.67. The van der Waals surface area contributed by atoms with Crippen LogP contribution in [0.4, 0.5) is 18.9 Å². The number of carbonyl (C=O) groups is 1. The lowest BCUT2D eigenvalue weighted by atomic mass is 10.1. The van der Waals surface area contributed by atoms with Crippen LogP contribution >= 0.6 is 11.8 Å². The van der Waals surface area contributed by atoms with Crippen LogP contribution in [0.15, 0.2) is 18.2 Å². The van der Waals surface area contributed by atoms with Crippen molar-refractivity contribution in [3.8, 4) is 0 Å². The van der Waals surface area contributed by atoms with Crippen LogP contribution in [0, 0.1) is 0 Å². The van der Waals surface area contributed by atoms with Gasteiger partial charge in [-0.25, -0.2) is 0 Å². The van der Waals surface area contributed by atoms with Gasteiger partial charge in [-0.15, -0.1) is 0 Å². The fraction of sp³-hybridized carbons (Fsp3) is 0.462. The quantitative estimate of drug-likeness (QED) is 0.576. The van der Waals surface area contributed by atoms with Gasteiger partial charge in [0.15, 0.2) is 0 Å². The minimum absolute atomic E-state index is 0.0294. The van der Waals surface area contributed by atoms with E-state index in [1.807, 2.05) is 11.7 Å². The predicted octanol–water partition coefficient (Wildman–Crippen LogP) is 2.62.